The van der Waals surface area contributed by atoms with Gasteiger partial charge in [0.05, 0.1) is 5.92 Å². The Kier molecular flexibility index (Phi) is 3.42. The molecule has 0 radical (unpaired) electrons. The second-order valence-electron chi connectivity index (χ2n) is 4.20. The van der Waals surface area contributed by atoms with Crippen LogP contribution in [0, 0.1) is 11.8 Å². The first kappa shape index (κ1) is 11.6. The standard InChI is InChI=1S/C13H14O4/c14-12(15)10-6-7-11(10)13(16)17-8-9-4-2-1-3-5-9/h1-5,10-11H,6-8H2,(H,14,15)/p-1/t10-,11+/m1/s1. The van der Waals surface area contributed by atoms with Crippen molar-refractivity contribution >= 4 is 11.9 Å². The van der Waals surface area contributed by atoms with Crippen LogP contribution in [0.5, 0.6) is 0 Å². The first-order valence-corrected chi connectivity index (χ1v) is 5.60. The lowest BCUT2D eigenvalue weighted by atomic mass is 9.74. The summed E-state index contributed by atoms with van der Waals surface area (Å²) in [4.78, 5) is 22.3. The van der Waals surface area contributed by atoms with E-state index in [-0.39, 0.29) is 6.61 Å². The van der Waals surface area contributed by atoms with E-state index in [1.165, 1.54) is 0 Å². The molecular formula is C13H13O4-. The van der Waals surface area contributed by atoms with Gasteiger partial charge in [-0.2, -0.15) is 0 Å². The first-order chi connectivity index (χ1) is 8.18. The third kappa shape index (κ3) is 2.64. The number of hydrogen-bond donors (Lipinski definition) is 0. The molecule has 0 aliphatic heterocycles. The number of rotatable bonds is 4. The molecule has 0 spiro atoms. The maximum absolute atomic E-state index is 11.6. The molecule has 4 heteroatoms. The zero-order valence-electron chi connectivity index (χ0n) is 9.30. The summed E-state index contributed by atoms with van der Waals surface area (Å²) in [7, 11) is 0. The number of esters is 1. The highest BCUT2D eigenvalue weighted by Gasteiger charge is 2.38. The number of aliphatic carboxylic acids is 1. The molecule has 0 saturated heterocycles. The lowest BCUT2D eigenvalue weighted by Gasteiger charge is -2.35. The Morgan fingerprint density at radius 1 is 1.18 bits per heavy atom. The molecule has 1 fully saturated rings. The molecule has 2 atom stereocenters. The van der Waals surface area contributed by atoms with Gasteiger partial charge in [0.15, 0.2) is 0 Å². The van der Waals surface area contributed by atoms with Crippen molar-refractivity contribution in [2.75, 3.05) is 0 Å². The smallest absolute Gasteiger partial charge is 0.309 e. The summed E-state index contributed by atoms with van der Waals surface area (Å²) < 4.78 is 5.08. The molecule has 2 rings (SSSR count). The van der Waals surface area contributed by atoms with E-state index in [4.69, 9.17) is 4.74 Å². The van der Waals surface area contributed by atoms with Gasteiger partial charge in [0.1, 0.15) is 6.61 Å². The van der Waals surface area contributed by atoms with E-state index < -0.39 is 23.8 Å². The Morgan fingerprint density at radius 3 is 2.35 bits per heavy atom. The van der Waals surface area contributed by atoms with Gasteiger partial charge in [0.2, 0.25) is 0 Å². The van der Waals surface area contributed by atoms with Crippen molar-refractivity contribution in [2.45, 2.75) is 19.4 Å². The Labute approximate surface area is 99.2 Å². The molecule has 1 saturated carbocycles. The average Bonchev–Trinajstić information content (AvgIpc) is 2.25. The maximum atomic E-state index is 11.6. The number of carboxylic acid groups (broad SMARTS) is 1. The number of carbonyl (C=O) groups excluding carboxylic acids is 2. The second kappa shape index (κ2) is 4.99. The van der Waals surface area contributed by atoms with Gasteiger partial charge >= 0.3 is 5.97 Å². The summed E-state index contributed by atoms with van der Waals surface area (Å²) in [5.41, 5.74) is 0.894. The topological polar surface area (TPSA) is 66.4 Å². The molecule has 0 unspecified atom stereocenters. The van der Waals surface area contributed by atoms with Crippen LogP contribution >= 0.6 is 0 Å². The van der Waals surface area contributed by atoms with E-state index in [9.17, 15) is 14.7 Å². The highest BCUT2D eigenvalue weighted by atomic mass is 16.5. The van der Waals surface area contributed by atoms with Crippen molar-refractivity contribution < 1.29 is 19.4 Å². The fraction of sp³-hybridized carbons (Fsp3) is 0.385. The monoisotopic (exact) mass is 233 g/mol. The van der Waals surface area contributed by atoms with Crippen molar-refractivity contribution in [2.24, 2.45) is 11.8 Å². The molecule has 4 nitrogen and oxygen atoms in total. The summed E-state index contributed by atoms with van der Waals surface area (Å²) >= 11 is 0. The van der Waals surface area contributed by atoms with Gasteiger partial charge in [0.25, 0.3) is 0 Å². The van der Waals surface area contributed by atoms with Crippen molar-refractivity contribution in [3.8, 4) is 0 Å². The molecule has 0 bridgehead atoms. The van der Waals surface area contributed by atoms with Crippen LogP contribution in [0.1, 0.15) is 18.4 Å². The van der Waals surface area contributed by atoms with Crippen LogP contribution in [0.4, 0.5) is 0 Å². The third-order valence-electron chi connectivity index (χ3n) is 3.10. The van der Waals surface area contributed by atoms with Gasteiger partial charge in [-0.15, -0.1) is 0 Å². The van der Waals surface area contributed by atoms with Crippen LogP contribution in [0.25, 0.3) is 0 Å². The molecule has 0 heterocycles. The van der Waals surface area contributed by atoms with Gasteiger partial charge in [-0.1, -0.05) is 30.3 Å². The summed E-state index contributed by atoms with van der Waals surface area (Å²) in [6.07, 6.45) is 1.08. The fourth-order valence-electron chi connectivity index (χ4n) is 1.90. The maximum Gasteiger partial charge on any atom is 0.309 e. The van der Waals surface area contributed by atoms with Crippen molar-refractivity contribution in [3.63, 3.8) is 0 Å². The molecule has 1 aromatic carbocycles. The van der Waals surface area contributed by atoms with E-state index in [1.807, 2.05) is 30.3 Å². The average molecular weight is 233 g/mol. The highest BCUT2D eigenvalue weighted by molar-refractivity contribution is 5.82. The van der Waals surface area contributed by atoms with Crippen molar-refractivity contribution in [1.29, 1.82) is 0 Å². The molecule has 1 aromatic rings. The van der Waals surface area contributed by atoms with Crippen LogP contribution in [0.15, 0.2) is 30.3 Å². The van der Waals surface area contributed by atoms with Gasteiger partial charge in [-0.25, -0.2) is 0 Å². The third-order valence-corrected chi connectivity index (χ3v) is 3.10. The Morgan fingerprint density at radius 2 is 1.82 bits per heavy atom. The first-order valence-electron chi connectivity index (χ1n) is 5.60. The molecular weight excluding hydrogens is 220 g/mol. The number of hydrogen-bond acceptors (Lipinski definition) is 4. The van der Waals surface area contributed by atoms with Gasteiger partial charge in [-0.3, -0.25) is 4.79 Å². The molecule has 1 aliphatic carbocycles. The second-order valence-corrected chi connectivity index (χ2v) is 4.20. The van der Waals surface area contributed by atoms with Crippen LogP contribution in [0.2, 0.25) is 0 Å². The molecule has 17 heavy (non-hydrogen) atoms. The number of ether oxygens (including phenoxy) is 1. The van der Waals surface area contributed by atoms with Crippen LogP contribution in [0.3, 0.4) is 0 Å². The fourth-order valence-corrected chi connectivity index (χ4v) is 1.90. The van der Waals surface area contributed by atoms with E-state index >= 15 is 0 Å². The van der Waals surface area contributed by atoms with Crippen LogP contribution in [-0.2, 0) is 20.9 Å². The lowest BCUT2D eigenvalue weighted by Crippen LogP contribution is -2.45. The van der Waals surface area contributed by atoms with Gasteiger partial charge in [0, 0.05) is 11.9 Å². The minimum atomic E-state index is -1.15. The quantitative estimate of drug-likeness (QED) is 0.710. The van der Waals surface area contributed by atoms with E-state index in [0.29, 0.717) is 12.8 Å². The molecule has 90 valence electrons. The number of carboxylic acids is 1. The van der Waals surface area contributed by atoms with Crippen molar-refractivity contribution in [3.05, 3.63) is 35.9 Å². The zero-order valence-corrected chi connectivity index (χ0v) is 9.30. The minimum absolute atomic E-state index is 0.190. The van der Waals surface area contributed by atoms with E-state index in [0.717, 1.165) is 5.56 Å². The predicted octanol–water partition coefficient (Wildman–Crippen LogP) is 0.506. The molecule has 0 amide bonds. The normalized spacial score (nSPS) is 22.6. The highest BCUT2D eigenvalue weighted by Crippen LogP contribution is 2.34. The summed E-state index contributed by atoms with van der Waals surface area (Å²) in [5.74, 6) is -2.78. The lowest BCUT2D eigenvalue weighted by molar-refractivity contribution is -0.316. The van der Waals surface area contributed by atoms with Gasteiger partial charge in [-0.05, 0) is 18.4 Å². The van der Waals surface area contributed by atoms with Crippen LogP contribution in [-0.4, -0.2) is 11.9 Å². The summed E-state index contributed by atoms with van der Waals surface area (Å²) in [5, 5.41) is 10.7. The van der Waals surface area contributed by atoms with E-state index in [1.54, 1.807) is 0 Å². The van der Waals surface area contributed by atoms with E-state index in [2.05, 4.69) is 0 Å². The molecule has 0 N–H and O–H groups in total. The number of carbonyl (C=O) groups is 2. The molecule has 1 aliphatic rings. The molecule has 0 aromatic heterocycles. The Balaban J connectivity index is 1.84. The zero-order chi connectivity index (χ0) is 12.3. The van der Waals surface area contributed by atoms with Gasteiger partial charge < -0.3 is 14.6 Å². The SMILES string of the molecule is O=C(OCc1ccccc1)[C@H]1CC[C@H]1C(=O)[O-]. The predicted molar refractivity (Wildman–Crippen MR) is 57.5 cm³/mol. The summed E-state index contributed by atoms with van der Waals surface area (Å²) in [6, 6.07) is 9.30. The largest absolute Gasteiger partial charge is 0.550 e. The number of benzene rings is 1. The summed E-state index contributed by atoms with van der Waals surface area (Å²) in [6.45, 7) is 0.190. The van der Waals surface area contributed by atoms with Crippen molar-refractivity contribution in [1.82, 2.24) is 0 Å². The minimum Gasteiger partial charge on any atom is -0.550 e. The Hall–Kier alpha value is -1.84. The Bertz CT molecular complexity index is 413. The van der Waals surface area contributed by atoms with Crippen LogP contribution < -0.4 is 5.11 Å².